The second kappa shape index (κ2) is 8.06. The molecule has 0 unspecified atom stereocenters. The predicted octanol–water partition coefficient (Wildman–Crippen LogP) is 3.28. The van der Waals surface area contributed by atoms with Gasteiger partial charge in [0.25, 0.3) is 0 Å². The van der Waals surface area contributed by atoms with Gasteiger partial charge in [0.05, 0.1) is 25.7 Å². The number of carbonyl (C=O) groups is 1. The second-order valence-corrected chi connectivity index (χ2v) is 6.18. The molecule has 26 heavy (non-hydrogen) atoms. The van der Waals surface area contributed by atoms with Crippen LogP contribution in [0, 0.1) is 11.8 Å². The van der Waals surface area contributed by atoms with Crippen molar-refractivity contribution in [3.63, 3.8) is 0 Å². The highest BCUT2D eigenvalue weighted by Gasteiger charge is 2.41. The fourth-order valence-electron chi connectivity index (χ4n) is 3.06. The van der Waals surface area contributed by atoms with Gasteiger partial charge < -0.3 is 19.3 Å². The lowest BCUT2D eigenvalue weighted by Crippen LogP contribution is -2.23. The Hall–Kier alpha value is -2.79. The molecule has 0 amide bonds. The van der Waals surface area contributed by atoms with Crippen molar-refractivity contribution in [1.29, 1.82) is 0 Å². The van der Waals surface area contributed by atoms with Crippen LogP contribution in [-0.2, 0) is 16.1 Å². The number of methoxy groups -OCH3 is 1. The first-order valence-electron chi connectivity index (χ1n) is 8.46. The highest BCUT2D eigenvalue weighted by molar-refractivity contribution is 5.76. The van der Waals surface area contributed by atoms with E-state index in [0.29, 0.717) is 23.7 Å². The number of ether oxygens (including phenoxy) is 3. The molecule has 1 aliphatic heterocycles. The molecule has 2 aromatic rings. The zero-order valence-corrected chi connectivity index (χ0v) is 14.6. The van der Waals surface area contributed by atoms with Gasteiger partial charge in [-0.1, -0.05) is 42.5 Å². The smallest absolute Gasteiger partial charge is 0.312 e. The van der Waals surface area contributed by atoms with Crippen molar-refractivity contribution in [2.75, 3.05) is 13.7 Å². The molecular formula is C21H22O5. The quantitative estimate of drug-likeness (QED) is 0.611. The molecule has 1 aliphatic rings. The van der Waals surface area contributed by atoms with Gasteiger partial charge in [-0.2, -0.15) is 0 Å². The first-order chi connectivity index (χ1) is 12.6. The van der Waals surface area contributed by atoms with Crippen LogP contribution in [0.1, 0.15) is 17.2 Å². The van der Waals surface area contributed by atoms with Gasteiger partial charge in [0.15, 0.2) is 11.5 Å². The Balaban J connectivity index is 1.77. The minimum Gasteiger partial charge on any atom is -0.493 e. The summed E-state index contributed by atoms with van der Waals surface area (Å²) in [4.78, 5) is 12.0. The number of hydrogen-bond donors (Lipinski definition) is 1. The lowest BCUT2D eigenvalue weighted by molar-refractivity contribution is -0.144. The average molecular weight is 354 g/mol. The molecule has 2 aromatic carbocycles. The van der Waals surface area contributed by atoms with Crippen molar-refractivity contribution in [1.82, 2.24) is 0 Å². The van der Waals surface area contributed by atoms with Crippen LogP contribution in [0.5, 0.6) is 11.5 Å². The van der Waals surface area contributed by atoms with E-state index in [4.69, 9.17) is 14.2 Å². The van der Waals surface area contributed by atoms with Gasteiger partial charge in [0.2, 0.25) is 0 Å². The standard InChI is InChI=1S/C21H22O5/c1-3-15-13-26-21(23)19(15)20(22)16-9-10-17(18(11-16)24-2)25-12-14-7-5-4-6-8-14/h3-11,15,19-20,22H,1,12-13H2,2H3/t15-,19-,20+/m1/s1. The normalized spacial score (nSPS) is 20.3. The number of esters is 1. The maximum Gasteiger partial charge on any atom is 0.312 e. The van der Waals surface area contributed by atoms with Crippen LogP contribution in [0.3, 0.4) is 0 Å². The maximum atomic E-state index is 12.0. The number of benzene rings is 2. The van der Waals surface area contributed by atoms with Crippen molar-refractivity contribution < 1.29 is 24.1 Å². The van der Waals surface area contributed by atoms with Crippen LogP contribution in [-0.4, -0.2) is 24.8 Å². The summed E-state index contributed by atoms with van der Waals surface area (Å²) in [6, 6.07) is 15.0. The summed E-state index contributed by atoms with van der Waals surface area (Å²) < 4.78 is 16.3. The third-order valence-electron chi connectivity index (χ3n) is 4.56. The molecular weight excluding hydrogens is 332 g/mol. The fraction of sp³-hybridized carbons (Fsp3) is 0.286. The Morgan fingerprint density at radius 2 is 2.04 bits per heavy atom. The number of hydrogen-bond acceptors (Lipinski definition) is 5. The second-order valence-electron chi connectivity index (χ2n) is 6.18. The molecule has 1 heterocycles. The molecule has 0 bridgehead atoms. The van der Waals surface area contributed by atoms with E-state index in [1.165, 1.54) is 7.11 Å². The van der Waals surface area contributed by atoms with Crippen LogP contribution in [0.4, 0.5) is 0 Å². The highest BCUT2D eigenvalue weighted by atomic mass is 16.5. The summed E-state index contributed by atoms with van der Waals surface area (Å²) in [5.74, 6) is -0.211. The van der Waals surface area contributed by atoms with Gasteiger partial charge >= 0.3 is 5.97 Å². The summed E-state index contributed by atoms with van der Waals surface area (Å²) in [6.45, 7) is 4.38. The average Bonchev–Trinajstić information content (AvgIpc) is 3.07. The zero-order chi connectivity index (χ0) is 18.5. The zero-order valence-electron chi connectivity index (χ0n) is 14.6. The van der Waals surface area contributed by atoms with Gasteiger partial charge in [-0.25, -0.2) is 0 Å². The largest absolute Gasteiger partial charge is 0.493 e. The summed E-state index contributed by atoms with van der Waals surface area (Å²) >= 11 is 0. The van der Waals surface area contributed by atoms with E-state index in [1.54, 1.807) is 24.3 Å². The third kappa shape index (κ3) is 3.73. The summed E-state index contributed by atoms with van der Waals surface area (Å²) in [6.07, 6.45) is 0.651. The number of aliphatic hydroxyl groups excluding tert-OH is 1. The molecule has 5 heteroatoms. The van der Waals surface area contributed by atoms with Crippen LogP contribution in [0.15, 0.2) is 61.2 Å². The van der Waals surface area contributed by atoms with Crippen LogP contribution in [0.25, 0.3) is 0 Å². The van der Waals surface area contributed by atoms with Gasteiger partial charge in [0, 0.05) is 5.92 Å². The highest BCUT2D eigenvalue weighted by Crippen LogP contribution is 2.38. The van der Waals surface area contributed by atoms with Crippen LogP contribution < -0.4 is 9.47 Å². The molecule has 1 fully saturated rings. The van der Waals surface area contributed by atoms with Gasteiger partial charge in [0.1, 0.15) is 6.61 Å². The van der Waals surface area contributed by atoms with Gasteiger partial charge in [-0.3, -0.25) is 4.79 Å². The van der Waals surface area contributed by atoms with E-state index in [-0.39, 0.29) is 12.5 Å². The van der Waals surface area contributed by atoms with E-state index in [2.05, 4.69) is 6.58 Å². The van der Waals surface area contributed by atoms with Gasteiger partial charge in [-0.05, 0) is 23.3 Å². The number of cyclic esters (lactones) is 1. The number of rotatable bonds is 7. The lowest BCUT2D eigenvalue weighted by atomic mass is 9.86. The first-order valence-corrected chi connectivity index (χ1v) is 8.46. The van der Waals surface area contributed by atoms with E-state index >= 15 is 0 Å². The van der Waals surface area contributed by atoms with Crippen molar-refractivity contribution in [2.24, 2.45) is 11.8 Å². The Kier molecular flexibility index (Phi) is 5.58. The molecule has 0 aromatic heterocycles. The van der Waals surface area contributed by atoms with E-state index in [9.17, 15) is 9.90 Å². The molecule has 5 nitrogen and oxygen atoms in total. The van der Waals surface area contributed by atoms with Crippen molar-refractivity contribution >= 4 is 5.97 Å². The number of aliphatic hydroxyl groups is 1. The van der Waals surface area contributed by atoms with E-state index in [1.807, 2.05) is 30.3 Å². The summed E-state index contributed by atoms with van der Waals surface area (Å²) in [5, 5.41) is 10.7. The molecule has 0 spiro atoms. The summed E-state index contributed by atoms with van der Waals surface area (Å²) in [7, 11) is 1.54. The van der Waals surface area contributed by atoms with Crippen LogP contribution in [0.2, 0.25) is 0 Å². The maximum absolute atomic E-state index is 12.0. The van der Waals surface area contributed by atoms with Crippen molar-refractivity contribution in [3.8, 4) is 11.5 Å². The molecule has 0 saturated carbocycles. The molecule has 0 aliphatic carbocycles. The minimum atomic E-state index is -0.995. The minimum absolute atomic E-state index is 0.211. The molecule has 3 atom stereocenters. The SMILES string of the molecule is C=C[C@@H]1COC(=O)[C@H]1[C@@H](O)c1ccc(OCc2ccccc2)c(OC)c1. The molecule has 0 radical (unpaired) electrons. The summed E-state index contributed by atoms with van der Waals surface area (Å²) in [5.41, 5.74) is 1.62. The third-order valence-corrected chi connectivity index (χ3v) is 4.56. The number of carbonyl (C=O) groups excluding carboxylic acids is 1. The Labute approximate surface area is 152 Å². The Bertz CT molecular complexity index is 771. The molecule has 136 valence electrons. The van der Waals surface area contributed by atoms with Crippen molar-refractivity contribution in [2.45, 2.75) is 12.7 Å². The topological polar surface area (TPSA) is 65.0 Å². The Morgan fingerprint density at radius 3 is 2.73 bits per heavy atom. The fourth-order valence-corrected chi connectivity index (χ4v) is 3.06. The van der Waals surface area contributed by atoms with Crippen LogP contribution >= 0.6 is 0 Å². The monoisotopic (exact) mass is 354 g/mol. The molecule has 1 saturated heterocycles. The predicted molar refractivity (Wildman–Crippen MR) is 96.9 cm³/mol. The van der Waals surface area contributed by atoms with E-state index in [0.717, 1.165) is 5.56 Å². The molecule has 3 rings (SSSR count). The first kappa shape index (κ1) is 18.0. The van der Waals surface area contributed by atoms with Gasteiger partial charge in [-0.15, -0.1) is 6.58 Å². The molecule has 1 N–H and O–H groups in total. The van der Waals surface area contributed by atoms with E-state index < -0.39 is 18.0 Å². The lowest BCUT2D eigenvalue weighted by Gasteiger charge is -2.20. The Morgan fingerprint density at radius 1 is 1.27 bits per heavy atom. The van der Waals surface area contributed by atoms with Crippen molar-refractivity contribution in [3.05, 3.63) is 72.3 Å².